The first-order valence-corrected chi connectivity index (χ1v) is 45.1. The minimum atomic E-state index is -5.00. The van der Waals surface area contributed by atoms with E-state index in [1.165, 1.54) is 103 Å². The van der Waals surface area contributed by atoms with E-state index in [9.17, 15) is 43.2 Å². The first-order valence-electron chi connectivity index (χ1n) is 42.1. The van der Waals surface area contributed by atoms with Gasteiger partial charge in [0, 0.05) is 25.7 Å². The van der Waals surface area contributed by atoms with Crippen molar-refractivity contribution in [1.29, 1.82) is 0 Å². The van der Waals surface area contributed by atoms with E-state index in [1.54, 1.807) is 0 Å². The molecule has 0 fully saturated rings. The molecule has 0 heterocycles. The number of aliphatic hydroxyl groups is 1. The molecule has 5 unspecified atom stereocenters. The summed E-state index contributed by atoms with van der Waals surface area (Å²) in [6.07, 6.45) is 92.6. The smallest absolute Gasteiger partial charge is 0.462 e. The Bertz CT molecular complexity index is 2610. The number of phosphoric acid groups is 2. The lowest BCUT2D eigenvalue weighted by molar-refractivity contribution is -0.161. The first-order chi connectivity index (χ1) is 52.7. The predicted octanol–water partition coefficient (Wildman–Crippen LogP) is 25.0. The third-order valence-electron chi connectivity index (χ3n) is 17.3. The standard InChI is InChI=1S/C89H150O17P2/c1-5-9-13-17-21-25-29-33-37-39-41-43-47-49-53-57-61-65-69-73-86(91)99-79-84(105-88(93)75-71-67-63-59-55-51-45-35-31-27-23-19-15-11-7-3)81-103-107(95,96)101-77-83(90)78-102-108(97,98)104-82-85(106-89(94)76-72-68-64-60-56-52-46-36-32-28-24-20-16-12-8-4)80-100-87(92)74-70-66-62-58-54-50-48-44-42-40-38-34-30-26-22-18-14-10-6-2/h9-10,13-14,21-22,25-26,33-35,37-38,41-45,49-50,53-54,61,65,83-85,90H,5-8,11-12,15-20,23-24,27-32,36,39-40,46-48,51-52,55-60,62-64,66-82H2,1-4H3,(H,95,96)(H,97,98)/b13-9-,14-10-,25-21-,26-22-,37-33-,38-34-,43-41-,44-42-,45-35-,53-49-,54-50-,65-61-. The fraction of sp³-hybridized carbons (Fsp3) is 0.685. The zero-order valence-corrected chi connectivity index (χ0v) is 69.5. The topological polar surface area (TPSA) is 237 Å². The number of phosphoric ester groups is 2. The summed E-state index contributed by atoms with van der Waals surface area (Å²) in [5, 5.41) is 10.7. The highest BCUT2D eigenvalue weighted by Crippen LogP contribution is 2.45. The number of allylic oxidation sites excluding steroid dienone is 24. The van der Waals surface area contributed by atoms with Gasteiger partial charge in [0.15, 0.2) is 12.2 Å². The molecule has 19 heteroatoms. The van der Waals surface area contributed by atoms with E-state index in [0.717, 1.165) is 148 Å². The number of hydrogen-bond donors (Lipinski definition) is 3. The molecular weight excluding hydrogens is 1400 g/mol. The van der Waals surface area contributed by atoms with Crippen LogP contribution in [0.1, 0.15) is 336 Å². The lowest BCUT2D eigenvalue weighted by Crippen LogP contribution is -2.30. The second-order valence-corrected chi connectivity index (χ2v) is 30.6. The molecule has 0 aliphatic carbocycles. The minimum Gasteiger partial charge on any atom is -0.462 e. The first kappa shape index (κ1) is 103. The largest absolute Gasteiger partial charge is 0.472 e. The number of esters is 4. The Morgan fingerprint density at radius 2 is 0.500 bits per heavy atom. The highest BCUT2D eigenvalue weighted by atomic mass is 31.2. The van der Waals surface area contributed by atoms with E-state index < -0.39 is 97.5 Å². The number of unbranched alkanes of at least 4 members (excludes halogenated alkanes) is 28. The van der Waals surface area contributed by atoms with Crippen LogP contribution in [0.25, 0.3) is 0 Å². The molecule has 0 amide bonds. The van der Waals surface area contributed by atoms with Crippen LogP contribution in [0.15, 0.2) is 146 Å². The van der Waals surface area contributed by atoms with E-state index in [-0.39, 0.29) is 25.7 Å². The summed E-state index contributed by atoms with van der Waals surface area (Å²) < 4.78 is 68.7. The molecule has 0 rings (SSSR count). The number of rotatable bonds is 78. The average molecular weight is 1550 g/mol. The van der Waals surface area contributed by atoms with Gasteiger partial charge >= 0.3 is 39.5 Å². The highest BCUT2D eigenvalue weighted by molar-refractivity contribution is 7.47. The summed E-state index contributed by atoms with van der Waals surface area (Å²) in [5.74, 6) is -2.31. The van der Waals surface area contributed by atoms with Crippen molar-refractivity contribution in [2.24, 2.45) is 0 Å². The Hall–Kier alpha value is -5.06. The van der Waals surface area contributed by atoms with Gasteiger partial charge in [-0.3, -0.25) is 37.3 Å². The highest BCUT2D eigenvalue weighted by Gasteiger charge is 2.30. The van der Waals surface area contributed by atoms with Crippen LogP contribution >= 0.6 is 15.6 Å². The van der Waals surface area contributed by atoms with Crippen molar-refractivity contribution in [3.63, 3.8) is 0 Å². The van der Waals surface area contributed by atoms with Gasteiger partial charge in [0.2, 0.25) is 0 Å². The maximum Gasteiger partial charge on any atom is 0.472 e. The van der Waals surface area contributed by atoms with Gasteiger partial charge in [-0.15, -0.1) is 0 Å². The van der Waals surface area contributed by atoms with E-state index in [4.69, 9.17) is 37.0 Å². The fourth-order valence-electron chi connectivity index (χ4n) is 11.0. The molecule has 0 aromatic carbocycles. The Balaban J connectivity index is 5.46. The van der Waals surface area contributed by atoms with Crippen LogP contribution < -0.4 is 0 Å². The maximum atomic E-state index is 13.1. The summed E-state index contributed by atoms with van der Waals surface area (Å²) in [5.41, 5.74) is 0. The summed E-state index contributed by atoms with van der Waals surface area (Å²) >= 11 is 0. The number of ether oxygens (including phenoxy) is 4. The Kier molecular flexibility index (Phi) is 76.3. The second-order valence-electron chi connectivity index (χ2n) is 27.7. The van der Waals surface area contributed by atoms with Crippen molar-refractivity contribution >= 4 is 39.5 Å². The van der Waals surface area contributed by atoms with Crippen molar-refractivity contribution in [1.82, 2.24) is 0 Å². The summed E-state index contributed by atoms with van der Waals surface area (Å²) in [4.78, 5) is 73.2. The van der Waals surface area contributed by atoms with Crippen LogP contribution in [0.3, 0.4) is 0 Å². The van der Waals surface area contributed by atoms with Crippen molar-refractivity contribution in [2.45, 2.75) is 354 Å². The molecule has 17 nitrogen and oxygen atoms in total. The molecule has 0 saturated heterocycles. The second kappa shape index (κ2) is 80.0. The van der Waals surface area contributed by atoms with E-state index >= 15 is 0 Å². The van der Waals surface area contributed by atoms with Gasteiger partial charge in [-0.2, -0.15) is 0 Å². The Labute approximate surface area is 656 Å². The third-order valence-corrected chi connectivity index (χ3v) is 19.2. The molecule has 0 aromatic heterocycles. The maximum absolute atomic E-state index is 13.1. The summed E-state index contributed by atoms with van der Waals surface area (Å²) in [6.45, 7) is 4.55. The predicted molar refractivity (Wildman–Crippen MR) is 445 cm³/mol. The summed E-state index contributed by atoms with van der Waals surface area (Å²) in [7, 11) is -10.00. The van der Waals surface area contributed by atoms with Gasteiger partial charge < -0.3 is 33.8 Å². The van der Waals surface area contributed by atoms with Crippen molar-refractivity contribution in [2.75, 3.05) is 39.6 Å². The third kappa shape index (κ3) is 79.0. The van der Waals surface area contributed by atoms with Crippen LogP contribution in [0.2, 0.25) is 0 Å². The lowest BCUT2D eigenvalue weighted by Gasteiger charge is -2.21. The van der Waals surface area contributed by atoms with Gasteiger partial charge in [0.1, 0.15) is 19.3 Å². The zero-order valence-electron chi connectivity index (χ0n) is 67.7. The minimum absolute atomic E-state index is 0.0315. The van der Waals surface area contributed by atoms with E-state index in [1.807, 2.05) is 18.2 Å². The normalized spacial score (nSPS) is 14.5. The molecule has 0 spiro atoms. The molecule has 0 radical (unpaired) electrons. The molecule has 0 saturated carbocycles. The van der Waals surface area contributed by atoms with E-state index in [0.29, 0.717) is 32.1 Å². The zero-order chi connectivity index (χ0) is 78.9. The molecule has 0 aliphatic heterocycles. The average Bonchev–Trinajstić information content (AvgIpc) is 0.923. The van der Waals surface area contributed by atoms with Gasteiger partial charge in [0.25, 0.3) is 0 Å². The van der Waals surface area contributed by atoms with Crippen LogP contribution in [-0.4, -0.2) is 96.7 Å². The van der Waals surface area contributed by atoms with Crippen LogP contribution in [0, 0.1) is 0 Å². The number of hydrogen-bond acceptors (Lipinski definition) is 15. The molecule has 0 aromatic rings. The SMILES string of the molecule is CC/C=C\C/C=C\C/C=C\C/C=C\C/C=C\C/C=C\CCC(=O)OCC(COP(=O)(O)OCC(O)COP(=O)(O)OCC(COC(=O)CCCCC/C=C\C/C=C\C/C=C\C/C=C\C/C=C\CC)OC(=O)CCCCCCCCCCCCCCCCC)OC(=O)CCCCCCC/C=C\CCCCCCCC. The van der Waals surface area contributed by atoms with Crippen molar-refractivity contribution < 1.29 is 80.2 Å². The van der Waals surface area contributed by atoms with Crippen LogP contribution in [-0.2, 0) is 65.4 Å². The molecule has 3 N–H and O–H groups in total. The lowest BCUT2D eigenvalue weighted by atomic mass is 10.0. The monoisotopic (exact) mass is 1550 g/mol. The molecular formula is C89H150O17P2. The molecule has 0 aliphatic rings. The quantitative estimate of drug-likeness (QED) is 0.0169. The Morgan fingerprint density at radius 1 is 0.269 bits per heavy atom. The molecule has 0 bridgehead atoms. The van der Waals surface area contributed by atoms with Gasteiger partial charge in [-0.25, -0.2) is 9.13 Å². The van der Waals surface area contributed by atoms with Crippen LogP contribution in [0.5, 0.6) is 0 Å². The molecule has 5 atom stereocenters. The Morgan fingerprint density at radius 3 is 0.815 bits per heavy atom. The van der Waals surface area contributed by atoms with Gasteiger partial charge in [-0.05, 0) is 135 Å². The van der Waals surface area contributed by atoms with Crippen molar-refractivity contribution in [3.05, 3.63) is 146 Å². The number of carbonyl (C=O) groups excluding carboxylic acids is 4. The van der Waals surface area contributed by atoms with Gasteiger partial charge in [-0.1, -0.05) is 321 Å². The summed E-state index contributed by atoms with van der Waals surface area (Å²) in [6, 6.07) is 0. The van der Waals surface area contributed by atoms with E-state index in [2.05, 4.69) is 155 Å². The molecule has 108 heavy (non-hydrogen) atoms. The van der Waals surface area contributed by atoms with Gasteiger partial charge in [0.05, 0.1) is 26.4 Å². The fourth-order valence-corrected chi connectivity index (χ4v) is 12.6. The number of aliphatic hydroxyl groups excluding tert-OH is 1. The number of carbonyl (C=O) groups is 4. The molecule has 618 valence electrons. The van der Waals surface area contributed by atoms with Crippen LogP contribution in [0.4, 0.5) is 0 Å². The van der Waals surface area contributed by atoms with Crippen molar-refractivity contribution in [3.8, 4) is 0 Å².